The van der Waals surface area contributed by atoms with E-state index in [-0.39, 0.29) is 15.6 Å². The fourth-order valence-corrected chi connectivity index (χ4v) is 1.96. The Morgan fingerprint density at radius 1 is 1.50 bits per heavy atom. The Morgan fingerprint density at radius 2 is 2.19 bits per heavy atom. The minimum absolute atomic E-state index is 0.104. The molecular formula is C12H10Cl2FN. The molecule has 1 rings (SSSR count). The molecule has 0 aliphatic rings. The van der Waals surface area contributed by atoms with Gasteiger partial charge in [0.15, 0.2) is 0 Å². The average molecular weight is 258 g/mol. The maximum Gasteiger partial charge on any atom is 0.133 e. The summed E-state index contributed by atoms with van der Waals surface area (Å²) in [6.07, 6.45) is 1.28. The van der Waals surface area contributed by atoms with Crippen LogP contribution in [0.4, 0.5) is 4.39 Å². The second-order valence-corrected chi connectivity index (χ2v) is 4.04. The van der Waals surface area contributed by atoms with Crippen molar-refractivity contribution in [2.24, 2.45) is 0 Å². The molecule has 0 bridgehead atoms. The van der Waals surface area contributed by atoms with E-state index >= 15 is 0 Å². The predicted molar refractivity (Wildman–Crippen MR) is 64.7 cm³/mol. The van der Waals surface area contributed by atoms with Gasteiger partial charge in [-0.25, -0.2) is 4.39 Å². The minimum Gasteiger partial charge on any atom is -0.206 e. The van der Waals surface area contributed by atoms with E-state index in [1.54, 1.807) is 6.07 Å². The summed E-state index contributed by atoms with van der Waals surface area (Å²) in [5.41, 5.74) is 0.465. The molecule has 84 valence electrons. The van der Waals surface area contributed by atoms with Crippen molar-refractivity contribution >= 4 is 28.2 Å². The summed E-state index contributed by atoms with van der Waals surface area (Å²) in [7, 11) is 0. The highest BCUT2D eigenvalue weighted by Crippen LogP contribution is 2.32. The molecule has 0 saturated carbocycles. The van der Waals surface area contributed by atoms with Gasteiger partial charge in [-0.15, -0.1) is 0 Å². The maximum atomic E-state index is 13.5. The number of hydrogen-bond acceptors (Lipinski definition) is 1. The van der Waals surface area contributed by atoms with Gasteiger partial charge in [0.2, 0.25) is 0 Å². The van der Waals surface area contributed by atoms with Crippen molar-refractivity contribution in [3.05, 3.63) is 40.2 Å². The molecule has 0 radical (unpaired) electrons. The van der Waals surface area contributed by atoms with Gasteiger partial charge in [-0.1, -0.05) is 42.6 Å². The Morgan fingerprint density at radius 3 is 2.69 bits per heavy atom. The van der Waals surface area contributed by atoms with Crippen molar-refractivity contribution in [1.82, 2.24) is 0 Å². The van der Waals surface area contributed by atoms with E-state index in [0.717, 1.165) is 6.42 Å². The first-order valence-electron chi connectivity index (χ1n) is 4.85. The fourth-order valence-electron chi connectivity index (χ4n) is 1.32. The lowest BCUT2D eigenvalue weighted by atomic mass is 10.1. The average Bonchev–Trinajstić information content (AvgIpc) is 2.25. The lowest BCUT2D eigenvalue weighted by Crippen LogP contribution is -1.91. The van der Waals surface area contributed by atoms with E-state index in [2.05, 4.69) is 0 Å². The second-order valence-electron chi connectivity index (χ2n) is 3.25. The highest BCUT2D eigenvalue weighted by molar-refractivity contribution is 6.51. The van der Waals surface area contributed by atoms with Crippen molar-refractivity contribution in [1.29, 1.82) is 5.26 Å². The SMILES string of the molecule is CCCC(C#N)=C(Cl)c1c(F)cccc1Cl. The number of rotatable bonds is 3. The van der Waals surface area contributed by atoms with Crippen LogP contribution in [0.2, 0.25) is 5.02 Å². The van der Waals surface area contributed by atoms with Crippen LogP contribution in [0.1, 0.15) is 25.3 Å². The standard InChI is InChI=1S/C12H10Cl2FN/c1-2-4-8(7-16)12(14)11-9(13)5-3-6-10(11)15/h3,5-6H,2,4H2,1H3. The van der Waals surface area contributed by atoms with E-state index in [1.165, 1.54) is 12.1 Å². The first-order valence-corrected chi connectivity index (χ1v) is 5.60. The molecule has 0 unspecified atom stereocenters. The summed E-state index contributed by atoms with van der Waals surface area (Å²) < 4.78 is 13.5. The van der Waals surface area contributed by atoms with Crippen LogP contribution in [0.5, 0.6) is 0 Å². The summed E-state index contributed by atoms with van der Waals surface area (Å²) in [6, 6.07) is 6.29. The zero-order valence-corrected chi connectivity index (χ0v) is 10.2. The van der Waals surface area contributed by atoms with Gasteiger partial charge in [-0.05, 0) is 18.6 Å². The van der Waals surface area contributed by atoms with Crippen LogP contribution >= 0.6 is 23.2 Å². The van der Waals surface area contributed by atoms with Crippen molar-refractivity contribution in [3.63, 3.8) is 0 Å². The van der Waals surface area contributed by atoms with E-state index < -0.39 is 5.82 Å². The molecule has 1 aromatic rings. The van der Waals surface area contributed by atoms with Gasteiger partial charge in [0.05, 0.1) is 16.1 Å². The van der Waals surface area contributed by atoms with Crippen LogP contribution in [0.25, 0.3) is 5.03 Å². The summed E-state index contributed by atoms with van der Waals surface area (Å²) in [5.74, 6) is -0.513. The molecule has 0 aliphatic heterocycles. The van der Waals surface area contributed by atoms with E-state index in [1.807, 2.05) is 13.0 Å². The minimum atomic E-state index is -0.513. The van der Waals surface area contributed by atoms with E-state index in [0.29, 0.717) is 12.0 Å². The topological polar surface area (TPSA) is 23.8 Å². The largest absolute Gasteiger partial charge is 0.206 e. The molecule has 0 amide bonds. The molecule has 0 spiro atoms. The van der Waals surface area contributed by atoms with Crippen LogP contribution < -0.4 is 0 Å². The molecular weight excluding hydrogens is 248 g/mol. The van der Waals surface area contributed by atoms with Crippen molar-refractivity contribution < 1.29 is 4.39 Å². The number of nitrogens with zero attached hydrogens (tertiary/aromatic N) is 1. The lowest BCUT2D eigenvalue weighted by molar-refractivity contribution is 0.624. The molecule has 1 nitrogen and oxygen atoms in total. The smallest absolute Gasteiger partial charge is 0.133 e. The van der Waals surface area contributed by atoms with Gasteiger partial charge in [-0.3, -0.25) is 0 Å². The molecule has 0 atom stereocenters. The maximum absolute atomic E-state index is 13.5. The van der Waals surface area contributed by atoms with Crippen molar-refractivity contribution in [2.45, 2.75) is 19.8 Å². The van der Waals surface area contributed by atoms with Gasteiger partial charge in [0, 0.05) is 11.1 Å². The molecule has 0 N–H and O–H groups in total. The number of nitriles is 1. The number of allylic oxidation sites excluding steroid dienone is 1. The molecule has 0 fully saturated rings. The first-order chi connectivity index (χ1) is 7.61. The zero-order chi connectivity index (χ0) is 12.1. The third-order valence-corrected chi connectivity index (χ3v) is 2.81. The Balaban J connectivity index is 3.33. The van der Waals surface area contributed by atoms with Gasteiger partial charge in [0.25, 0.3) is 0 Å². The molecule has 16 heavy (non-hydrogen) atoms. The van der Waals surface area contributed by atoms with Gasteiger partial charge < -0.3 is 0 Å². The van der Waals surface area contributed by atoms with Crippen LogP contribution in [-0.2, 0) is 0 Å². The predicted octanol–water partition coefficient (Wildman–Crippen LogP) is 4.75. The Kier molecular flexibility index (Phi) is 4.79. The van der Waals surface area contributed by atoms with Gasteiger partial charge in [-0.2, -0.15) is 5.26 Å². The van der Waals surface area contributed by atoms with Gasteiger partial charge >= 0.3 is 0 Å². The van der Waals surface area contributed by atoms with Gasteiger partial charge in [0.1, 0.15) is 5.82 Å². The summed E-state index contributed by atoms with van der Waals surface area (Å²) in [5, 5.41) is 9.23. The highest BCUT2D eigenvalue weighted by atomic mass is 35.5. The monoisotopic (exact) mass is 257 g/mol. The van der Waals surface area contributed by atoms with E-state index in [4.69, 9.17) is 28.5 Å². The van der Waals surface area contributed by atoms with E-state index in [9.17, 15) is 4.39 Å². The highest BCUT2D eigenvalue weighted by Gasteiger charge is 2.14. The zero-order valence-electron chi connectivity index (χ0n) is 8.73. The molecule has 0 aliphatic carbocycles. The Labute approximate surface area is 104 Å². The molecule has 1 aromatic carbocycles. The first kappa shape index (κ1) is 13.0. The third-order valence-electron chi connectivity index (χ3n) is 2.08. The number of benzene rings is 1. The lowest BCUT2D eigenvalue weighted by Gasteiger charge is -2.06. The Hall–Kier alpha value is -1.04. The Bertz CT molecular complexity index is 440. The molecule has 4 heteroatoms. The quantitative estimate of drug-likeness (QED) is 0.717. The fraction of sp³-hybridized carbons (Fsp3) is 0.250. The molecule has 0 aromatic heterocycles. The van der Waals surface area contributed by atoms with Crippen molar-refractivity contribution in [2.75, 3.05) is 0 Å². The van der Waals surface area contributed by atoms with Crippen LogP contribution in [0.15, 0.2) is 23.8 Å². The molecule has 0 saturated heterocycles. The summed E-state index contributed by atoms with van der Waals surface area (Å²) >= 11 is 11.9. The summed E-state index contributed by atoms with van der Waals surface area (Å²) in [4.78, 5) is 0. The van der Waals surface area contributed by atoms with Crippen LogP contribution in [-0.4, -0.2) is 0 Å². The van der Waals surface area contributed by atoms with Crippen LogP contribution in [0.3, 0.4) is 0 Å². The second kappa shape index (κ2) is 5.89. The number of halogens is 3. The van der Waals surface area contributed by atoms with Crippen molar-refractivity contribution in [3.8, 4) is 6.07 Å². The normalized spacial score (nSPS) is 11.9. The summed E-state index contributed by atoms with van der Waals surface area (Å²) in [6.45, 7) is 1.92. The van der Waals surface area contributed by atoms with Crippen LogP contribution in [0, 0.1) is 17.1 Å². The molecule has 0 heterocycles. The third kappa shape index (κ3) is 2.75. The number of hydrogen-bond donors (Lipinski definition) is 0.